The maximum atomic E-state index is 12.7. The van der Waals surface area contributed by atoms with Gasteiger partial charge in [0.2, 0.25) is 0 Å². The minimum Gasteiger partial charge on any atom is -0.340 e. The molecule has 0 aliphatic rings. The number of nitrogens with one attached hydrogen (secondary N) is 1. The summed E-state index contributed by atoms with van der Waals surface area (Å²) in [5, 5.41) is 5.21. The molecule has 0 radical (unpaired) electrons. The first-order valence-corrected chi connectivity index (χ1v) is 10.0. The first-order valence-electron chi connectivity index (χ1n) is 7.75. The van der Waals surface area contributed by atoms with E-state index in [1.165, 1.54) is 5.56 Å². The van der Waals surface area contributed by atoms with Crippen LogP contribution in [-0.4, -0.2) is 12.2 Å². The van der Waals surface area contributed by atoms with Crippen LogP contribution in [0.5, 0.6) is 0 Å². The zero-order chi connectivity index (χ0) is 16.8. The molecule has 2 nitrogen and oxygen atoms in total. The van der Waals surface area contributed by atoms with Crippen LogP contribution in [-0.2, 0) is 5.75 Å². The second-order valence-corrected chi connectivity index (χ2v) is 7.31. The van der Waals surface area contributed by atoms with E-state index in [9.17, 15) is 4.79 Å². The standard InChI is InChI=1S/C20H19NOS2/c1-23-14-15-9-11-17(12-10-15)20(22)21-19(18-8-5-13-24-18)16-6-3-2-4-7-16/h2-13,19H,14H2,1H3,(H,21,22). The first-order chi connectivity index (χ1) is 11.8. The lowest BCUT2D eigenvalue weighted by molar-refractivity contribution is 0.0943. The zero-order valence-corrected chi connectivity index (χ0v) is 15.1. The topological polar surface area (TPSA) is 29.1 Å². The highest BCUT2D eigenvalue weighted by Crippen LogP contribution is 2.26. The molecule has 24 heavy (non-hydrogen) atoms. The van der Waals surface area contributed by atoms with Gasteiger partial charge in [0, 0.05) is 16.2 Å². The van der Waals surface area contributed by atoms with Crippen molar-refractivity contribution in [3.8, 4) is 0 Å². The fourth-order valence-corrected chi connectivity index (χ4v) is 3.88. The van der Waals surface area contributed by atoms with E-state index in [1.807, 2.05) is 66.0 Å². The molecule has 1 N–H and O–H groups in total. The lowest BCUT2D eigenvalue weighted by atomic mass is 10.0. The van der Waals surface area contributed by atoms with E-state index in [0.717, 1.165) is 16.2 Å². The molecule has 122 valence electrons. The second kappa shape index (κ2) is 8.18. The molecule has 0 saturated heterocycles. The molecule has 1 aromatic heterocycles. The van der Waals surface area contributed by atoms with Gasteiger partial charge < -0.3 is 5.32 Å². The number of amides is 1. The Balaban J connectivity index is 1.81. The zero-order valence-electron chi connectivity index (χ0n) is 13.4. The van der Waals surface area contributed by atoms with Gasteiger partial charge in [-0.05, 0) is 41.0 Å². The van der Waals surface area contributed by atoms with Crippen molar-refractivity contribution in [1.82, 2.24) is 5.32 Å². The third-order valence-electron chi connectivity index (χ3n) is 3.76. The van der Waals surface area contributed by atoms with E-state index < -0.39 is 0 Å². The summed E-state index contributed by atoms with van der Waals surface area (Å²) in [7, 11) is 0. The number of thiophene rings is 1. The maximum absolute atomic E-state index is 12.7. The maximum Gasteiger partial charge on any atom is 0.252 e. The molecule has 3 aromatic rings. The number of hydrogen-bond donors (Lipinski definition) is 1. The summed E-state index contributed by atoms with van der Waals surface area (Å²) in [6.07, 6.45) is 2.08. The van der Waals surface area contributed by atoms with E-state index in [0.29, 0.717) is 5.56 Å². The number of hydrogen-bond acceptors (Lipinski definition) is 3. The summed E-state index contributed by atoms with van der Waals surface area (Å²) in [4.78, 5) is 13.8. The monoisotopic (exact) mass is 353 g/mol. The van der Waals surface area contributed by atoms with E-state index in [4.69, 9.17) is 0 Å². The van der Waals surface area contributed by atoms with Crippen LogP contribution >= 0.6 is 23.1 Å². The van der Waals surface area contributed by atoms with Gasteiger partial charge in [0.1, 0.15) is 0 Å². The average Bonchev–Trinajstić information content (AvgIpc) is 3.15. The summed E-state index contributed by atoms with van der Waals surface area (Å²) in [6.45, 7) is 0. The molecular weight excluding hydrogens is 334 g/mol. The van der Waals surface area contributed by atoms with Crippen molar-refractivity contribution in [2.24, 2.45) is 0 Å². The molecule has 1 heterocycles. The van der Waals surface area contributed by atoms with Gasteiger partial charge in [-0.2, -0.15) is 11.8 Å². The van der Waals surface area contributed by atoms with Gasteiger partial charge in [-0.1, -0.05) is 48.5 Å². The highest BCUT2D eigenvalue weighted by Gasteiger charge is 2.18. The molecule has 0 saturated carbocycles. The minimum atomic E-state index is -0.121. The lowest BCUT2D eigenvalue weighted by Gasteiger charge is -2.18. The van der Waals surface area contributed by atoms with Crippen LogP contribution in [0.1, 0.15) is 32.4 Å². The number of benzene rings is 2. The fourth-order valence-electron chi connectivity index (χ4n) is 2.55. The first kappa shape index (κ1) is 16.8. The third-order valence-corrected chi connectivity index (χ3v) is 5.32. The summed E-state index contributed by atoms with van der Waals surface area (Å²) >= 11 is 3.43. The van der Waals surface area contributed by atoms with Gasteiger partial charge in [-0.3, -0.25) is 4.79 Å². The van der Waals surface area contributed by atoms with Gasteiger partial charge in [0.25, 0.3) is 5.91 Å². The molecule has 1 unspecified atom stereocenters. The Morgan fingerprint density at radius 1 is 1.04 bits per heavy atom. The van der Waals surface area contributed by atoms with Crippen LogP contribution in [0.3, 0.4) is 0 Å². The average molecular weight is 354 g/mol. The van der Waals surface area contributed by atoms with E-state index in [2.05, 4.69) is 17.6 Å². The van der Waals surface area contributed by atoms with Crippen LogP contribution < -0.4 is 5.32 Å². The van der Waals surface area contributed by atoms with Gasteiger partial charge in [0.05, 0.1) is 6.04 Å². The van der Waals surface area contributed by atoms with Crippen LogP contribution in [0.15, 0.2) is 72.1 Å². The summed E-state index contributed by atoms with van der Waals surface area (Å²) in [6, 6.07) is 21.9. The van der Waals surface area contributed by atoms with Crippen molar-refractivity contribution in [2.75, 3.05) is 6.26 Å². The minimum absolute atomic E-state index is 0.0482. The van der Waals surface area contributed by atoms with Gasteiger partial charge in [-0.15, -0.1) is 11.3 Å². The molecule has 0 aliphatic heterocycles. The van der Waals surface area contributed by atoms with Crippen LogP contribution in [0, 0.1) is 0 Å². The number of rotatable bonds is 6. The van der Waals surface area contributed by atoms with E-state index >= 15 is 0 Å². The molecule has 0 fully saturated rings. The number of thioether (sulfide) groups is 1. The van der Waals surface area contributed by atoms with Crippen molar-refractivity contribution in [1.29, 1.82) is 0 Å². The third kappa shape index (κ3) is 4.08. The Morgan fingerprint density at radius 3 is 2.42 bits per heavy atom. The molecule has 4 heteroatoms. The van der Waals surface area contributed by atoms with Gasteiger partial charge in [0.15, 0.2) is 0 Å². The molecule has 0 spiro atoms. The normalized spacial score (nSPS) is 11.9. The Labute approximate surface area is 150 Å². The summed E-state index contributed by atoms with van der Waals surface area (Å²) in [5.74, 6) is 0.914. The summed E-state index contributed by atoms with van der Waals surface area (Å²) in [5.41, 5.74) is 3.02. The molecule has 0 aliphatic carbocycles. The predicted octanol–water partition coefficient (Wildman–Crippen LogP) is 5.13. The van der Waals surface area contributed by atoms with Crippen LogP contribution in [0.2, 0.25) is 0 Å². The Bertz CT molecular complexity index is 767. The smallest absolute Gasteiger partial charge is 0.252 e. The number of carbonyl (C=O) groups is 1. The summed E-state index contributed by atoms with van der Waals surface area (Å²) < 4.78 is 0. The number of carbonyl (C=O) groups excluding carboxylic acids is 1. The van der Waals surface area contributed by atoms with E-state index in [-0.39, 0.29) is 11.9 Å². The van der Waals surface area contributed by atoms with Crippen LogP contribution in [0.25, 0.3) is 0 Å². The largest absolute Gasteiger partial charge is 0.340 e. The van der Waals surface area contributed by atoms with Crippen molar-refractivity contribution >= 4 is 29.0 Å². The van der Waals surface area contributed by atoms with E-state index in [1.54, 1.807) is 23.1 Å². The van der Waals surface area contributed by atoms with Crippen LogP contribution in [0.4, 0.5) is 0 Å². The lowest BCUT2D eigenvalue weighted by Crippen LogP contribution is -2.28. The van der Waals surface area contributed by atoms with Crippen molar-refractivity contribution in [2.45, 2.75) is 11.8 Å². The van der Waals surface area contributed by atoms with Crippen molar-refractivity contribution in [3.05, 3.63) is 93.7 Å². The SMILES string of the molecule is CSCc1ccc(C(=O)NC(c2ccccc2)c2cccs2)cc1. The molecule has 1 atom stereocenters. The molecular formula is C20H19NOS2. The Kier molecular flexibility index (Phi) is 5.72. The van der Waals surface area contributed by atoms with Crippen molar-refractivity contribution in [3.63, 3.8) is 0 Å². The molecule has 1 amide bonds. The van der Waals surface area contributed by atoms with Gasteiger partial charge >= 0.3 is 0 Å². The Hall–Kier alpha value is -2.04. The molecule has 0 bridgehead atoms. The predicted molar refractivity (Wildman–Crippen MR) is 104 cm³/mol. The molecule has 2 aromatic carbocycles. The fraction of sp³-hybridized carbons (Fsp3) is 0.150. The van der Waals surface area contributed by atoms with Crippen molar-refractivity contribution < 1.29 is 4.79 Å². The van der Waals surface area contributed by atoms with Gasteiger partial charge in [-0.25, -0.2) is 0 Å². The quantitative estimate of drug-likeness (QED) is 0.665. The second-order valence-electron chi connectivity index (χ2n) is 5.46. The Morgan fingerprint density at radius 2 is 1.79 bits per heavy atom. The highest BCUT2D eigenvalue weighted by atomic mass is 32.2. The highest BCUT2D eigenvalue weighted by molar-refractivity contribution is 7.97. The molecule has 3 rings (SSSR count).